The summed E-state index contributed by atoms with van der Waals surface area (Å²) in [5, 5.41) is 8.69. The van der Waals surface area contributed by atoms with E-state index in [1.807, 2.05) is 4.68 Å². The lowest BCUT2D eigenvalue weighted by Crippen LogP contribution is -2.26. The Bertz CT molecular complexity index is 610. The highest BCUT2D eigenvalue weighted by atomic mass is 79.9. The Morgan fingerprint density at radius 1 is 1.38 bits per heavy atom. The molecule has 0 saturated carbocycles. The highest BCUT2D eigenvalue weighted by Crippen LogP contribution is 2.32. The zero-order chi connectivity index (χ0) is 15.4. The van der Waals surface area contributed by atoms with Crippen molar-refractivity contribution in [2.24, 2.45) is 0 Å². The van der Waals surface area contributed by atoms with Gasteiger partial charge >= 0.3 is 0 Å². The summed E-state index contributed by atoms with van der Waals surface area (Å²) in [7, 11) is 0. The van der Waals surface area contributed by atoms with Crippen LogP contribution in [0, 0.1) is 6.92 Å². The van der Waals surface area contributed by atoms with Gasteiger partial charge in [0.15, 0.2) is 0 Å². The Balaban J connectivity index is 2.52. The second-order valence-electron chi connectivity index (χ2n) is 5.03. The summed E-state index contributed by atoms with van der Waals surface area (Å²) in [5.74, 6) is 0. The van der Waals surface area contributed by atoms with E-state index in [2.05, 4.69) is 65.3 Å². The first-order valence-corrected chi connectivity index (χ1v) is 8.46. The average Bonchev–Trinajstić information content (AvgIpc) is 2.85. The molecule has 0 amide bonds. The van der Waals surface area contributed by atoms with Gasteiger partial charge in [-0.25, -0.2) is 0 Å². The molecule has 2 aromatic rings. The van der Waals surface area contributed by atoms with E-state index in [9.17, 15) is 0 Å². The molecule has 1 unspecified atom stereocenters. The second kappa shape index (κ2) is 7.43. The summed E-state index contributed by atoms with van der Waals surface area (Å²) in [5.41, 5.74) is 3.50. The predicted octanol–water partition coefficient (Wildman–Crippen LogP) is 4.72. The fraction of sp³-hybridized carbons (Fsp3) is 0.438. The number of benzene rings is 1. The maximum atomic E-state index is 6.40. The predicted molar refractivity (Wildman–Crippen MR) is 91.9 cm³/mol. The number of halogens is 2. The van der Waals surface area contributed by atoms with Gasteiger partial charge in [0.1, 0.15) is 0 Å². The van der Waals surface area contributed by atoms with Crippen LogP contribution in [-0.2, 0) is 6.54 Å². The molecule has 21 heavy (non-hydrogen) atoms. The Labute approximate surface area is 139 Å². The van der Waals surface area contributed by atoms with Gasteiger partial charge in [-0.15, -0.1) is 0 Å². The van der Waals surface area contributed by atoms with E-state index >= 15 is 0 Å². The molecule has 2 rings (SSSR count). The quantitative estimate of drug-likeness (QED) is 0.797. The molecule has 0 aliphatic carbocycles. The molecule has 0 spiro atoms. The van der Waals surface area contributed by atoms with Crippen molar-refractivity contribution in [2.45, 2.75) is 39.8 Å². The summed E-state index contributed by atoms with van der Waals surface area (Å²) in [6.07, 6.45) is 2.80. The Morgan fingerprint density at radius 3 is 2.81 bits per heavy atom. The zero-order valence-electron chi connectivity index (χ0n) is 12.7. The maximum Gasteiger partial charge on any atom is 0.0837 e. The van der Waals surface area contributed by atoms with Crippen LogP contribution >= 0.6 is 27.5 Å². The summed E-state index contributed by atoms with van der Waals surface area (Å²) in [4.78, 5) is 0. The molecule has 114 valence electrons. The Hall–Kier alpha value is -0.840. The molecular formula is C16H21BrClN3. The van der Waals surface area contributed by atoms with E-state index in [-0.39, 0.29) is 6.04 Å². The molecule has 1 aromatic carbocycles. The highest BCUT2D eigenvalue weighted by Gasteiger charge is 2.23. The molecule has 1 aromatic heterocycles. The fourth-order valence-electron chi connectivity index (χ4n) is 2.49. The summed E-state index contributed by atoms with van der Waals surface area (Å²) < 4.78 is 3.08. The van der Waals surface area contributed by atoms with Crippen LogP contribution in [0.2, 0.25) is 5.02 Å². The van der Waals surface area contributed by atoms with Gasteiger partial charge in [-0.2, -0.15) is 5.10 Å². The largest absolute Gasteiger partial charge is 0.305 e. The SMILES string of the molecule is CCCNC(c1cccc(Br)c1C)c1c(Cl)cnn1CC. The first kappa shape index (κ1) is 16.5. The lowest BCUT2D eigenvalue weighted by atomic mass is 9.98. The number of hydrogen-bond donors (Lipinski definition) is 1. The molecule has 0 radical (unpaired) electrons. The molecule has 1 N–H and O–H groups in total. The third-order valence-corrected chi connectivity index (χ3v) is 4.78. The van der Waals surface area contributed by atoms with Gasteiger partial charge < -0.3 is 5.32 Å². The zero-order valence-corrected chi connectivity index (χ0v) is 15.0. The molecule has 0 fully saturated rings. The molecular weight excluding hydrogens is 350 g/mol. The van der Waals surface area contributed by atoms with Gasteiger partial charge in [0.05, 0.1) is 23.0 Å². The average molecular weight is 371 g/mol. The number of rotatable bonds is 6. The highest BCUT2D eigenvalue weighted by molar-refractivity contribution is 9.10. The Kier molecular flexibility index (Phi) is 5.85. The fourth-order valence-corrected chi connectivity index (χ4v) is 3.12. The number of aryl methyl sites for hydroxylation is 1. The summed E-state index contributed by atoms with van der Waals surface area (Å²) >= 11 is 10.0. The van der Waals surface area contributed by atoms with E-state index in [1.165, 1.54) is 11.1 Å². The van der Waals surface area contributed by atoms with Crippen LogP contribution in [0.25, 0.3) is 0 Å². The van der Waals surface area contributed by atoms with E-state index in [0.717, 1.165) is 29.7 Å². The molecule has 3 nitrogen and oxygen atoms in total. The van der Waals surface area contributed by atoms with Crippen LogP contribution in [0.3, 0.4) is 0 Å². The van der Waals surface area contributed by atoms with Crippen LogP contribution in [0.15, 0.2) is 28.9 Å². The van der Waals surface area contributed by atoms with Crippen LogP contribution in [-0.4, -0.2) is 16.3 Å². The molecule has 0 bridgehead atoms. The first-order valence-electron chi connectivity index (χ1n) is 7.29. The van der Waals surface area contributed by atoms with Crippen molar-refractivity contribution in [2.75, 3.05) is 6.54 Å². The van der Waals surface area contributed by atoms with E-state index < -0.39 is 0 Å². The molecule has 1 heterocycles. The van der Waals surface area contributed by atoms with E-state index in [4.69, 9.17) is 11.6 Å². The normalized spacial score (nSPS) is 12.6. The molecule has 1 atom stereocenters. The van der Waals surface area contributed by atoms with Crippen LogP contribution in [0.5, 0.6) is 0 Å². The molecule has 0 aliphatic heterocycles. The van der Waals surface area contributed by atoms with Crippen molar-refractivity contribution >= 4 is 27.5 Å². The van der Waals surface area contributed by atoms with E-state index in [1.54, 1.807) is 6.20 Å². The standard InChI is InChI=1S/C16H21BrClN3/c1-4-9-19-15(12-7-6-8-13(17)11(12)3)16-14(18)10-20-21(16)5-2/h6-8,10,15,19H,4-5,9H2,1-3H3. The van der Waals surface area contributed by atoms with Gasteiger partial charge in [0, 0.05) is 11.0 Å². The van der Waals surface area contributed by atoms with Gasteiger partial charge in [-0.05, 0) is 44.0 Å². The lowest BCUT2D eigenvalue weighted by molar-refractivity contribution is 0.528. The van der Waals surface area contributed by atoms with Crippen molar-refractivity contribution in [1.29, 1.82) is 0 Å². The summed E-state index contributed by atoms with van der Waals surface area (Å²) in [6, 6.07) is 6.33. The van der Waals surface area contributed by atoms with Crippen molar-refractivity contribution in [3.63, 3.8) is 0 Å². The minimum absolute atomic E-state index is 0.0531. The third kappa shape index (κ3) is 3.50. The minimum Gasteiger partial charge on any atom is -0.305 e. The van der Waals surface area contributed by atoms with Gasteiger partial charge in [0.2, 0.25) is 0 Å². The van der Waals surface area contributed by atoms with Crippen molar-refractivity contribution in [3.05, 3.63) is 50.7 Å². The minimum atomic E-state index is 0.0531. The number of nitrogens with one attached hydrogen (secondary N) is 1. The van der Waals surface area contributed by atoms with Gasteiger partial charge in [0.25, 0.3) is 0 Å². The molecule has 5 heteroatoms. The molecule has 0 aliphatic rings. The van der Waals surface area contributed by atoms with Gasteiger partial charge in [-0.3, -0.25) is 4.68 Å². The van der Waals surface area contributed by atoms with Gasteiger partial charge in [-0.1, -0.05) is 46.6 Å². The first-order chi connectivity index (χ1) is 10.1. The second-order valence-corrected chi connectivity index (χ2v) is 6.30. The van der Waals surface area contributed by atoms with Crippen molar-refractivity contribution in [1.82, 2.24) is 15.1 Å². The van der Waals surface area contributed by atoms with Crippen molar-refractivity contribution in [3.8, 4) is 0 Å². The smallest absolute Gasteiger partial charge is 0.0837 e. The number of aromatic nitrogens is 2. The third-order valence-electron chi connectivity index (χ3n) is 3.63. The lowest BCUT2D eigenvalue weighted by Gasteiger charge is -2.23. The van der Waals surface area contributed by atoms with E-state index in [0.29, 0.717) is 5.02 Å². The Morgan fingerprint density at radius 2 is 2.14 bits per heavy atom. The number of nitrogens with zero attached hydrogens (tertiary/aromatic N) is 2. The van der Waals surface area contributed by atoms with Crippen molar-refractivity contribution < 1.29 is 0 Å². The molecule has 0 saturated heterocycles. The van der Waals surface area contributed by atoms with Crippen LogP contribution in [0.4, 0.5) is 0 Å². The topological polar surface area (TPSA) is 29.9 Å². The maximum absolute atomic E-state index is 6.40. The monoisotopic (exact) mass is 369 g/mol. The van der Waals surface area contributed by atoms with Crippen LogP contribution < -0.4 is 5.32 Å². The number of hydrogen-bond acceptors (Lipinski definition) is 2. The van der Waals surface area contributed by atoms with Crippen LogP contribution in [0.1, 0.15) is 43.1 Å². The summed E-state index contributed by atoms with van der Waals surface area (Å²) in [6.45, 7) is 8.11.